The fraction of sp³-hybridized carbons (Fsp3) is 0.412. The van der Waals surface area contributed by atoms with Gasteiger partial charge in [0.2, 0.25) is 0 Å². The van der Waals surface area contributed by atoms with Crippen molar-refractivity contribution in [1.82, 2.24) is 5.32 Å². The Morgan fingerprint density at radius 2 is 2.05 bits per heavy atom. The van der Waals surface area contributed by atoms with E-state index in [2.05, 4.69) is 60.3 Å². The van der Waals surface area contributed by atoms with E-state index in [1.54, 1.807) is 11.3 Å². The van der Waals surface area contributed by atoms with Gasteiger partial charge in [0.05, 0.1) is 0 Å². The van der Waals surface area contributed by atoms with Crippen LogP contribution in [0.3, 0.4) is 0 Å². The van der Waals surface area contributed by atoms with E-state index >= 15 is 0 Å². The van der Waals surface area contributed by atoms with Crippen molar-refractivity contribution in [3.05, 3.63) is 57.8 Å². The molecule has 102 valence electrons. The Morgan fingerprint density at radius 1 is 1.21 bits per heavy atom. The molecule has 2 rings (SSSR count). The van der Waals surface area contributed by atoms with E-state index in [1.807, 2.05) is 0 Å². The molecular weight excluding hydrogens is 250 g/mol. The summed E-state index contributed by atoms with van der Waals surface area (Å²) >= 11 is 1.79. The zero-order valence-corrected chi connectivity index (χ0v) is 12.7. The summed E-state index contributed by atoms with van der Waals surface area (Å²) in [4.78, 5) is 0. The monoisotopic (exact) mass is 273 g/mol. The maximum Gasteiger partial charge on any atom is 0.0331 e. The molecule has 0 aliphatic heterocycles. The number of aryl methyl sites for hydroxylation is 2. The van der Waals surface area contributed by atoms with E-state index in [0.29, 0.717) is 6.04 Å². The second-order valence-corrected chi connectivity index (χ2v) is 5.81. The Labute approximate surface area is 120 Å². The molecule has 0 amide bonds. The minimum absolute atomic E-state index is 0.491. The maximum absolute atomic E-state index is 3.67. The summed E-state index contributed by atoms with van der Waals surface area (Å²) in [6.45, 7) is 5.52. The molecule has 19 heavy (non-hydrogen) atoms. The SMILES string of the molecule is CCCNC(CCc1ccccc1C)c1ccsc1. The standard InChI is InChI=1S/C17H23NS/c1-3-11-18-17(16-10-12-19-13-16)9-8-15-7-5-4-6-14(15)2/h4-7,10,12-13,17-18H,3,8-9,11H2,1-2H3. The molecule has 0 aliphatic rings. The molecule has 0 radical (unpaired) electrons. The molecule has 1 aromatic carbocycles. The van der Waals surface area contributed by atoms with Crippen LogP contribution in [0.25, 0.3) is 0 Å². The van der Waals surface area contributed by atoms with Crippen LogP contribution in [0.2, 0.25) is 0 Å². The van der Waals surface area contributed by atoms with Crippen molar-refractivity contribution in [2.75, 3.05) is 6.54 Å². The van der Waals surface area contributed by atoms with Crippen molar-refractivity contribution in [1.29, 1.82) is 0 Å². The smallest absolute Gasteiger partial charge is 0.0331 e. The average Bonchev–Trinajstić information content (AvgIpc) is 2.94. The molecule has 1 heterocycles. The highest BCUT2D eigenvalue weighted by Crippen LogP contribution is 2.22. The molecule has 1 unspecified atom stereocenters. The van der Waals surface area contributed by atoms with E-state index in [9.17, 15) is 0 Å². The van der Waals surface area contributed by atoms with Gasteiger partial charge in [-0.1, -0.05) is 31.2 Å². The summed E-state index contributed by atoms with van der Waals surface area (Å²) in [7, 11) is 0. The lowest BCUT2D eigenvalue weighted by atomic mass is 9.98. The lowest BCUT2D eigenvalue weighted by Crippen LogP contribution is -2.22. The maximum atomic E-state index is 3.67. The fourth-order valence-corrected chi connectivity index (χ4v) is 3.08. The Morgan fingerprint density at radius 3 is 2.74 bits per heavy atom. The van der Waals surface area contributed by atoms with Crippen molar-refractivity contribution in [3.63, 3.8) is 0 Å². The number of hydrogen-bond acceptors (Lipinski definition) is 2. The van der Waals surface area contributed by atoms with Crippen molar-refractivity contribution in [2.24, 2.45) is 0 Å². The second kappa shape index (κ2) is 7.46. The number of hydrogen-bond donors (Lipinski definition) is 1. The van der Waals surface area contributed by atoms with E-state index < -0.39 is 0 Å². The molecule has 0 saturated heterocycles. The highest BCUT2D eigenvalue weighted by atomic mass is 32.1. The molecule has 1 atom stereocenters. The largest absolute Gasteiger partial charge is 0.310 e. The molecule has 1 nitrogen and oxygen atoms in total. The summed E-state index contributed by atoms with van der Waals surface area (Å²) in [6.07, 6.45) is 3.50. The molecule has 2 aromatic rings. The van der Waals surface area contributed by atoms with E-state index in [0.717, 1.165) is 13.0 Å². The second-order valence-electron chi connectivity index (χ2n) is 5.03. The lowest BCUT2D eigenvalue weighted by Gasteiger charge is -2.18. The first-order valence-corrected chi connectivity index (χ1v) is 8.05. The summed E-state index contributed by atoms with van der Waals surface area (Å²) in [5.74, 6) is 0. The van der Waals surface area contributed by atoms with Gasteiger partial charge in [0.1, 0.15) is 0 Å². The number of rotatable bonds is 7. The third kappa shape index (κ3) is 4.19. The van der Waals surface area contributed by atoms with Gasteiger partial charge in [0, 0.05) is 6.04 Å². The quantitative estimate of drug-likeness (QED) is 0.769. The van der Waals surface area contributed by atoms with Crippen LogP contribution in [0.4, 0.5) is 0 Å². The minimum atomic E-state index is 0.491. The van der Waals surface area contributed by atoms with Crippen molar-refractivity contribution in [2.45, 2.75) is 39.2 Å². The number of benzene rings is 1. The minimum Gasteiger partial charge on any atom is -0.310 e. The highest BCUT2D eigenvalue weighted by molar-refractivity contribution is 7.07. The Hall–Kier alpha value is -1.12. The van der Waals surface area contributed by atoms with Crippen LogP contribution >= 0.6 is 11.3 Å². The molecule has 0 saturated carbocycles. The van der Waals surface area contributed by atoms with E-state index in [1.165, 1.54) is 29.5 Å². The fourth-order valence-electron chi connectivity index (χ4n) is 2.37. The van der Waals surface area contributed by atoms with Crippen LogP contribution in [0, 0.1) is 6.92 Å². The van der Waals surface area contributed by atoms with Crippen LogP contribution in [-0.2, 0) is 6.42 Å². The lowest BCUT2D eigenvalue weighted by molar-refractivity contribution is 0.500. The first kappa shape index (κ1) is 14.3. The van der Waals surface area contributed by atoms with Gasteiger partial charge in [-0.3, -0.25) is 0 Å². The van der Waals surface area contributed by atoms with Gasteiger partial charge >= 0.3 is 0 Å². The van der Waals surface area contributed by atoms with Crippen molar-refractivity contribution in [3.8, 4) is 0 Å². The first-order valence-electron chi connectivity index (χ1n) is 7.11. The zero-order valence-electron chi connectivity index (χ0n) is 11.9. The Kier molecular flexibility index (Phi) is 5.62. The van der Waals surface area contributed by atoms with Crippen LogP contribution in [0.15, 0.2) is 41.1 Å². The topological polar surface area (TPSA) is 12.0 Å². The Balaban J connectivity index is 1.99. The van der Waals surface area contributed by atoms with Crippen LogP contribution < -0.4 is 5.32 Å². The van der Waals surface area contributed by atoms with E-state index in [4.69, 9.17) is 0 Å². The van der Waals surface area contributed by atoms with Gasteiger partial charge in [0.25, 0.3) is 0 Å². The average molecular weight is 273 g/mol. The third-order valence-electron chi connectivity index (χ3n) is 3.55. The predicted molar refractivity (Wildman–Crippen MR) is 84.9 cm³/mol. The molecule has 0 spiro atoms. The van der Waals surface area contributed by atoms with Gasteiger partial charge in [-0.05, 0) is 66.2 Å². The van der Waals surface area contributed by atoms with Crippen LogP contribution in [0.5, 0.6) is 0 Å². The van der Waals surface area contributed by atoms with Gasteiger partial charge in [-0.25, -0.2) is 0 Å². The van der Waals surface area contributed by atoms with Crippen molar-refractivity contribution >= 4 is 11.3 Å². The normalized spacial score (nSPS) is 12.5. The van der Waals surface area contributed by atoms with Gasteiger partial charge in [0.15, 0.2) is 0 Å². The zero-order chi connectivity index (χ0) is 13.5. The number of nitrogens with one attached hydrogen (secondary N) is 1. The Bertz CT molecular complexity index is 476. The highest BCUT2D eigenvalue weighted by Gasteiger charge is 2.11. The first-order chi connectivity index (χ1) is 9.31. The third-order valence-corrected chi connectivity index (χ3v) is 4.25. The summed E-state index contributed by atoms with van der Waals surface area (Å²) in [6, 6.07) is 11.4. The van der Waals surface area contributed by atoms with Gasteiger partial charge in [-0.15, -0.1) is 0 Å². The molecule has 2 heteroatoms. The van der Waals surface area contributed by atoms with Crippen LogP contribution in [0.1, 0.15) is 42.5 Å². The molecular formula is C17H23NS. The summed E-state index contributed by atoms with van der Waals surface area (Å²) < 4.78 is 0. The molecule has 1 aromatic heterocycles. The summed E-state index contributed by atoms with van der Waals surface area (Å²) in [5, 5.41) is 8.11. The molecule has 0 fully saturated rings. The molecule has 1 N–H and O–H groups in total. The molecule has 0 bridgehead atoms. The molecule has 0 aliphatic carbocycles. The van der Waals surface area contributed by atoms with Crippen molar-refractivity contribution < 1.29 is 0 Å². The van der Waals surface area contributed by atoms with E-state index in [-0.39, 0.29) is 0 Å². The summed E-state index contributed by atoms with van der Waals surface area (Å²) in [5.41, 5.74) is 4.31. The van der Waals surface area contributed by atoms with Gasteiger partial charge in [-0.2, -0.15) is 11.3 Å². The van der Waals surface area contributed by atoms with Crippen LogP contribution in [-0.4, -0.2) is 6.54 Å². The number of thiophene rings is 1. The predicted octanol–water partition coefficient (Wildman–Crippen LogP) is 4.73. The van der Waals surface area contributed by atoms with Gasteiger partial charge < -0.3 is 5.32 Å².